The smallest absolute Gasteiger partial charge is 0.278 e. The van der Waals surface area contributed by atoms with Crippen LogP contribution < -0.4 is 0 Å². The summed E-state index contributed by atoms with van der Waals surface area (Å²) in [6.45, 7) is 30.2. The molecule has 0 atom stereocenters. The SMILES string of the molecule is CC(C)N(C(C)C)P1(=O)C#CC#CP(=O)(N(C(C)C)C(C)C)C#CC#CP(=O)(N(C(C)C)C(C)C)C#CC#CP(=O)(N(C(C)C)C(C)C)C#CC#C1. The van der Waals surface area contributed by atoms with Crippen LogP contribution in [0.3, 0.4) is 0 Å². The Morgan fingerprint density at radius 2 is 0.346 bits per heavy atom. The van der Waals surface area contributed by atoms with Gasteiger partial charge in [-0.3, -0.25) is 18.3 Å². The Balaban J connectivity index is 4.52. The molecule has 1 aliphatic heterocycles. The van der Waals surface area contributed by atoms with Crippen molar-refractivity contribution in [3.8, 4) is 92.7 Å². The van der Waals surface area contributed by atoms with Crippen molar-refractivity contribution in [3.05, 3.63) is 0 Å². The van der Waals surface area contributed by atoms with Crippen LogP contribution in [0.1, 0.15) is 111 Å². The Labute approximate surface area is 316 Å². The van der Waals surface area contributed by atoms with Crippen molar-refractivity contribution in [2.75, 3.05) is 0 Å². The lowest BCUT2D eigenvalue weighted by Crippen LogP contribution is -2.33. The van der Waals surface area contributed by atoms with Crippen molar-refractivity contribution >= 4 is 29.2 Å². The van der Waals surface area contributed by atoms with Gasteiger partial charge in [0.05, 0.1) is 0 Å². The van der Waals surface area contributed by atoms with Gasteiger partial charge in [0.15, 0.2) is 0 Å². The van der Waals surface area contributed by atoms with Crippen molar-refractivity contribution in [3.63, 3.8) is 0 Å². The summed E-state index contributed by atoms with van der Waals surface area (Å²) >= 11 is 0. The highest BCUT2D eigenvalue weighted by Crippen LogP contribution is 2.53. The topological polar surface area (TPSA) is 81.2 Å². The molecule has 0 fully saturated rings. The molecule has 0 saturated carbocycles. The lowest BCUT2D eigenvalue weighted by atomic mass is 10.3. The predicted molar refractivity (Wildman–Crippen MR) is 221 cm³/mol. The van der Waals surface area contributed by atoms with Crippen LogP contribution in [0.5, 0.6) is 0 Å². The minimum atomic E-state index is -3.76. The standard InChI is InChI=1S/C40H56N4O4P4/c1-33(2)41(34(3)4)49(45)25-17-19-27-50(46,42(35(5)6)36(7)8)29-21-23-31-52(48,44(39(13)14)40(15)16)32-24-22-30-51(47,28-20-18-26-49)43(37(9)10)38(11)12/h33-40H,1-16H3. The van der Waals surface area contributed by atoms with E-state index in [4.69, 9.17) is 0 Å². The molecule has 0 aromatic heterocycles. The normalized spacial score (nSPS) is 24.5. The van der Waals surface area contributed by atoms with Gasteiger partial charge < -0.3 is 0 Å². The first-order valence-corrected chi connectivity index (χ1v) is 24.3. The van der Waals surface area contributed by atoms with Gasteiger partial charge in [0, 0.05) is 93.6 Å². The highest BCUT2D eigenvalue weighted by Gasteiger charge is 2.35. The molecule has 1 rings (SSSR count). The molecule has 0 bridgehead atoms. The van der Waals surface area contributed by atoms with Crippen LogP contribution >= 0.6 is 29.2 Å². The Kier molecular flexibility index (Phi) is 18.2. The van der Waals surface area contributed by atoms with Crippen LogP contribution in [0.2, 0.25) is 0 Å². The largest absolute Gasteiger partial charge is 0.291 e. The van der Waals surface area contributed by atoms with Gasteiger partial charge in [-0.1, -0.05) is 0 Å². The third-order valence-corrected chi connectivity index (χ3v) is 17.1. The van der Waals surface area contributed by atoms with Crippen LogP contribution in [0, 0.1) is 92.7 Å². The Hall–Kier alpha value is -2.76. The molecule has 0 radical (unpaired) electrons. The molecule has 52 heavy (non-hydrogen) atoms. The summed E-state index contributed by atoms with van der Waals surface area (Å²) in [4.78, 5) is 0. The van der Waals surface area contributed by atoms with Gasteiger partial charge in [-0.05, 0) is 158 Å². The van der Waals surface area contributed by atoms with Crippen LogP contribution in [0.15, 0.2) is 0 Å². The maximum absolute atomic E-state index is 14.5. The van der Waals surface area contributed by atoms with E-state index in [1.807, 2.05) is 111 Å². The second-order valence-electron chi connectivity index (χ2n) is 14.5. The summed E-state index contributed by atoms with van der Waals surface area (Å²) in [6.07, 6.45) is 0. The molecule has 8 nitrogen and oxygen atoms in total. The van der Waals surface area contributed by atoms with Crippen LogP contribution in [0.4, 0.5) is 0 Å². The van der Waals surface area contributed by atoms with Gasteiger partial charge in [0.2, 0.25) is 0 Å². The van der Waals surface area contributed by atoms with E-state index >= 15 is 0 Å². The number of nitrogens with zero attached hydrogens (tertiary/aromatic N) is 4. The minimum Gasteiger partial charge on any atom is -0.278 e. The van der Waals surface area contributed by atoms with Crippen LogP contribution in [0.25, 0.3) is 0 Å². The fourth-order valence-corrected chi connectivity index (χ4v) is 14.4. The molecule has 0 saturated heterocycles. The van der Waals surface area contributed by atoms with Gasteiger partial charge in [-0.15, -0.1) is 0 Å². The number of hydrogen-bond donors (Lipinski definition) is 0. The highest BCUT2D eigenvalue weighted by atomic mass is 31.2. The maximum atomic E-state index is 14.5. The van der Waals surface area contributed by atoms with Crippen molar-refractivity contribution in [1.29, 1.82) is 0 Å². The van der Waals surface area contributed by atoms with Gasteiger partial charge >= 0.3 is 0 Å². The van der Waals surface area contributed by atoms with Gasteiger partial charge in [0.1, 0.15) is 0 Å². The van der Waals surface area contributed by atoms with Crippen molar-refractivity contribution in [2.24, 2.45) is 0 Å². The Bertz CT molecular complexity index is 1620. The molecule has 280 valence electrons. The lowest BCUT2D eigenvalue weighted by Gasteiger charge is -2.32. The molecule has 0 aromatic carbocycles. The fourth-order valence-electron chi connectivity index (χ4n) is 6.39. The molecule has 1 heterocycles. The quantitative estimate of drug-likeness (QED) is 0.143. The van der Waals surface area contributed by atoms with E-state index in [9.17, 15) is 18.3 Å². The molecular weight excluding hydrogens is 724 g/mol. The Morgan fingerprint density at radius 1 is 0.250 bits per heavy atom. The van der Waals surface area contributed by atoms with E-state index in [2.05, 4.69) is 92.7 Å². The summed E-state index contributed by atoms with van der Waals surface area (Å²) in [5, 5.41) is 0. The summed E-state index contributed by atoms with van der Waals surface area (Å²) in [7, 11) is -15.0. The zero-order valence-corrected chi connectivity index (χ0v) is 37.4. The minimum absolute atomic E-state index is 0.208. The van der Waals surface area contributed by atoms with E-state index in [1.54, 1.807) is 18.7 Å². The zero-order chi connectivity index (χ0) is 40.2. The second-order valence-corrected chi connectivity index (χ2v) is 22.7. The van der Waals surface area contributed by atoms with E-state index in [0.29, 0.717) is 0 Å². The van der Waals surface area contributed by atoms with Crippen molar-refractivity contribution < 1.29 is 18.3 Å². The van der Waals surface area contributed by atoms with Gasteiger partial charge in [-0.2, -0.15) is 0 Å². The maximum Gasteiger partial charge on any atom is 0.291 e. The second kappa shape index (κ2) is 20.1. The van der Waals surface area contributed by atoms with Crippen molar-refractivity contribution in [1.82, 2.24) is 18.7 Å². The van der Waals surface area contributed by atoms with E-state index < -0.39 is 29.2 Å². The zero-order valence-electron chi connectivity index (χ0n) is 33.8. The highest BCUT2D eigenvalue weighted by molar-refractivity contribution is 7.73. The summed E-state index contributed by atoms with van der Waals surface area (Å²) < 4.78 is 64.8. The Morgan fingerprint density at radius 3 is 0.423 bits per heavy atom. The fraction of sp³-hybridized carbons (Fsp3) is 0.600. The van der Waals surface area contributed by atoms with Crippen LogP contribution in [-0.4, -0.2) is 67.0 Å². The third-order valence-electron chi connectivity index (χ3n) is 7.44. The van der Waals surface area contributed by atoms with E-state index in [-0.39, 0.29) is 48.3 Å². The van der Waals surface area contributed by atoms with Gasteiger partial charge in [-0.25, -0.2) is 18.7 Å². The van der Waals surface area contributed by atoms with E-state index in [0.717, 1.165) is 0 Å². The lowest BCUT2D eigenvalue weighted by molar-refractivity contribution is 0.307. The first-order chi connectivity index (χ1) is 23.9. The summed E-state index contributed by atoms with van der Waals surface area (Å²) in [5.74, 6) is 21.4. The third kappa shape index (κ3) is 12.7. The molecule has 1 aliphatic rings. The summed E-state index contributed by atoms with van der Waals surface area (Å²) in [6, 6.07) is -1.67. The summed E-state index contributed by atoms with van der Waals surface area (Å²) in [5.41, 5.74) is 22.2. The molecule has 0 amide bonds. The molecule has 0 aromatic rings. The number of hydrogen-bond acceptors (Lipinski definition) is 4. The molecule has 0 spiro atoms. The molecule has 0 aliphatic carbocycles. The molecule has 0 N–H and O–H groups in total. The molecule has 0 unspecified atom stereocenters. The van der Waals surface area contributed by atoms with E-state index in [1.165, 1.54) is 0 Å². The van der Waals surface area contributed by atoms with Crippen LogP contribution in [-0.2, 0) is 18.3 Å². The predicted octanol–water partition coefficient (Wildman–Crippen LogP) is 9.27. The molecule has 12 heteroatoms. The average Bonchev–Trinajstić information content (AvgIpc) is 2.96. The number of rotatable bonds is 12. The average molecular weight is 781 g/mol. The first kappa shape index (κ1) is 47.3. The first-order valence-electron chi connectivity index (χ1n) is 17.6. The molecular formula is C40H56N4O4P4. The monoisotopic (exact) mass is 780 g/mol. The van der Waals surface area contributed by atoms with Gasteiger partial charge in [0.25, 0.3) is 29.2 Å². The van der Waals surface area contributed by atoms with Crippen molar-refractivity contribution in [2.45, 2.75) is 159 Å².